The third kappa shape index (κ3) is 3.20. The van der Waals surface area contributed by atoms with Crippen LogP contribution < -0.4 is 5.32 Å². The third-order valence-corrected chi connectivity index (χ3v) is 5.66. The van der Waals surface area contributed by atoms with Gasteiger partial charge in [0.2, 0.25) is 0 Å². The predicted molar refractivity (Wildman–Crippen MR) is 90.9 cm³/mol. The van der Waals surface area contributed by atoms with Gasteiger partial charge < -0.3 is 5.32 Å². The Bertz CT molecular complexity index is 564. The number of benzene rings is 1. The first-order chi connectivity index (χ1) is 10.3. The van der Waals surface area contributed by atoms with Crippen molar-refractivity contribution in [2.45, 2.75) is 31.8 Å². The summed E-state index contributed by atoms with van der Waals surface area (Å²) in [6, 6.07) is 14.1. The quantitative estimate of drug-likeness (QED) is 0.897. The molecule has 0 fully saturated rings. The van der Waals surface area contributed by atoms with Gasteiger partial charge in [0.1, 0.15) is 0 Å². The highest BCUT2D eigenvalue weighted by Gasteiger charge is 2.24. The normalized spacial score (nSPS) is 20.2. The van der Waals surface area contributed by atoms with Crippen molar-refractivity contribution in [2.75, 3.05) is 20.1 Å². The van der Waals surface area contributed by atoms with Crippen molar-refractivity contribution in [3.8, 4) is 0 Å². The van der Waals surface area contributed by atoms with Crippen molar-refractivity contribution < 1.29 is 0 Å². The summed E-state index contributed by atoms with van der Waals surface area (Å²) in [5.41, 5.74) is 2.94. The van der Waals surface area contributed by atoms with Crippen LogP contribution in [0.1, 0.15) is 41.4 Å². The van der Waals surface area contributed by atoms with Crippen molar-refractivity contribution in [1.82, 2.24) is 10.2 Å². The van der Waals surface area contributed by atoms with Gasteiger partial charge in [-0.3, -0.25) is 4.90 Å². The molecular formula is C18H24N2S. The van der Waals surface area contributed by atoms with Gasteiger partial charge in [0.15, 0.2) is 0 Å². The van der Waals surface area contributed by atoms with Crippen LogP contribution in [0, 0.1) is 0 Å². The van der Waals surface area contributed by atoms with E-state index in [2.05, 4.69) is 66.0 Å². The number of hydrogen-bond donors (Lipinski definition) is 1. The van der Waals surface area contributed by atoms with Crippen LogP contribution in [0.4, 0.5) is 0 Å². The Kier molecular flexibility index (Phi) is 4.73. The molecule has 1 aliphatic heterocycles. The number of nitrogens with one attached hydrogen (secondary N) is 1. The van der Waals surface area contributed by atoms with Gasteiger partial charge >= 0.3 is 0 Å². The molecule has 21 heavy (non-hydrogen) atoms. The number of rotatable bonds is 5. The van der Waals surface area contributed by atoms with Gasteiger partial charge in [0.05, 0.1) is 0 Å². The van der Waals surface area contributed by atoms with Crippen LogP contribution >= 0.6 is 11.3 Å². The lowest BCUT2D eigenvalue weighted by Gasteiger charge is -2.34. The van der Waals surface area contributed by atoms with E-state index in [0.29, 0.717) is 12.1 Å². The minimum atomic E-state index is 0.447. The maximum atomic E-state index is 3.46. The van der Waals surface area contributed by atoms with E-state index < -0.39 is 0 Å². The number of thiophene rings is 1. The molecule has 3 heteroatoms. The van der Waals surface area contributed by atoms with Crippen LogP contribution in [0.25, 0.3) is 0 Å². The molecule has 1 aliphatic rings. The zero-order chi connectivity index (χ0) is 14.7. The molecule has 112 valence electrons. The lowest BCUT2D eigenvalue weighted by molar-refractivity contribution is 0.190. The van der Waals surface area contributed by atoms with Crippen LogP contribution in [0.15, 0.2) is 41.8 Å². The first-order valence-electron chi connectivity index (χ1n) is 7.82. The minimum absolute atomic E-state index is 0.447. The summed E-state index contributed by atoms with van der Waals surface area (Å²) in [5.74, 6) is 0. The summed E-state index contributed by atoms with van der Waals surface area (Å²) >= 11 is 1.92. The molecule has 1 aromatic carbocycles. The van der Waals surface area contributed by atoms with Crippen molar-refractivity contribution in [1.29, 1.82) is 0 Å². The van der Waals surface area contributed by atoms with Gasteiger partial charge in [-0.25, -0.2) is 0 Å². The number of nitrogens with zero attached hydrogens (tertiary/aromatic N) is 1. The largest absolute Gasteiger partial charge is 0.313 e. The summed E-state index contributed by atoms with van der Waals surface area (Å²) in [4.78, 5) is 4.22. The van der Waals surface area contributed by atoms with Crippen LogP contribution in [-0.2, 0) is 6.42 Å². The Balaban J connectivity index is 1.62. The Labute approximate surface area is 131 Å². The smallest absolute Gasteiger partial charge is 0.0331 e. The number of fused-ring (bicyclic) bond motifs is 1. The average Bonchev–Trinajstić information content (AvgIpc) is 3.00. The number of hydrogen-bond acceptors (Lipinski definition) is 3. The molecule has 0 amide bonds. The molecule has 3 rings (SSSR count). The Morgan fingerprint density at radius 2 is 2.10 bits per heavy atom. The predicted octanol–water partition coefficient (Wildman–Crippen LogP) is 4.02. The highest BCUT2D eigenvalue weighted by atomic mass is 32.1. The highest BCUT2D eigenvalue weighted by molar-refractivity contribution is 7.10. The van der Waals surface area contributed by atoms with Crippen molar-refractivity contribution >= 4 is 11.3 Å². The zero-order valence-electron chi connectivity index (χ0n) is 12.9. The molecule has 1 N–H and O–H groups in total. The summed E-state index contributed by atoms with van der Waals surface area (Å²) in [6.07, 6.45) is 2.37. The van der Waals surface area contributed by atoms with Crippen molar-refractivity contribution in [3.05, 3.63) is 57.8 Å². The molecule has 0 aliphatic carbocycles. The van der Waals surface area contributed by atoms with E-state index in [1.54, 1.807) is 10.4 Å². The monoisotopic (exact) mass is 300 g/mol. The van der Waals surface area contributed by atoms with E-state index in [9.17, 15) is 0 Å². The SMILES string of the molecule is CNC(CCN1CCc2sccc2C1C)c1ccccc1. The van der Waals surface area contributed by atoms with E-state index >= 15 is 0 Å². The summed E-state index contributed by atoms with van der Waals surface area (Å²) < 4.78 is 0. The first-order valence-corrected chi connectivity index (χ1v) is 8.70. The Morgan fingerprint density at radius 1 is 1.29 bits per heavy atom. The first kappa shape index (κ1) is 14.8. The molecule has 0 saturated heterocycles. The highest BCUT2D eigenvalue weighted by Crippen LogP contribution is 2.33. The van der Waals surface area contributed by atoms with E-state index in [1.807, 2.05) is 11.3 Å². The van der Waals surface area contributed by atoms with Crippen LogP contribution in [0.2, 0.25) is 0 Å². The van der Waals surface area contributed by atoms with Crippen molar-refractivity contribution in [3.63, 3.8) is 0 Å². The van der Waals surface area contributed by atoms with Gasteiger partial charge in [0.25, 0.3) is 0 Å². The lowest BCUT2D eigenvalue weighted by atomic mass is 9.99. The molecule has 2 nitrogen and oxygen atoms in total. The fraction of sp³-hybridized carbons (Fsp3) is 0.444. The molecular weight excluding hydrogens is 276 g/mol. The van der Waals surface area contributed by atoms with E-state index in [0.717, 1.165) is 13.0 Å². The van der Waals surface area contributed by atoms with Gasteiger partial charge in [-0.05, 0) is 49.4 Å². The second-order valence-electron chi connectivity index (χ2n) is 5.80. The van der Waals surface area contributed by atoms with E-state index in [-0.39, 0.29) is 0 Å². The summed E-state index contributed by atoms with van der Waals surface area (Å²) in [7, 11) is 2.06. The third-order valence-electron chi connectivity index (χ3n) is 4.66. The lowest BCUT2D eigenvalue weighted by Crippen LogP contribution is -2.35. The van der Waals surface area contributed by atoms with Gasteiger partial charge in [-0.15, -0.1) is 11.3 Å². The van der Waals surface area contributed by atoms with Gasteiger partial charge in [0, 0.05) is 30.1 Å². The molecule has 2 atom stereocenters. The minimum Gasteiger partial charge on any atom is -0.313 e. The van der Waals surface area contributed by atoms with E-state index in [4.69, 9.17) is 0 Å². The molecule has 0 bridgehead atoms. The fourth-order valence-corrected chi connectivity index (χ4v) is 4.29. The second kappa shape index (κ2) is 6.73. The molecule has 1 aromatic heterocycles. The summed E-state index contributed by atoms with van der Waals surface area (Å²) in [5, 5.41) is 5.70. The van der Waals surface area contributed by atoms with Crippen molar-refractivity contribution in [2.24, 2.45) is 0 Å². The molecule has 2 unspecified atom stereocenters. The molecule has 0 radical (unpaired) electrons. The fourth-order valence-electron chi connectivity index (χ4n) is 3.32. The standard InChI is InChI=1S/C18H24N2S/c1-14-16-10-13-21-18(16)9-12-20(14)11-8-17(19-2)15-6-4-3-5-7-15/h3-7,10,13-14,17,19H,8-9,11-12H2,1-2H3. The van der Waals surface area contributed by atoms with Gasteiger partial charge in [-0.2, -0.15) is 0 Å². The molecule has 0 saturated carbocycles. The van der Waals surface area contributed by atoms with Gasteiger partial charge in [-0.1, -0.05) is 30.3 Å². The molecule has 2 aromatic rings. The second-order valence-corrected chi connectivity index (χ2v) is 6.80. The molecule has 2 heterocycles. The Morgan fingerprint density at radius 3 is 2.86 bits per heavy atom. The maximum Gasteiger partial charge on any atom is 0.0331 e. The zero-order valence-corrected chi connectivity index (χ0v) is 13.7. The van der Waals surface area contributed by atoms with Crippen LogP contribution in [-0.4, -0.2) is 25.0 Å². The topological polar surface area (TPSA) is 15.3 Å². The maximum absolute atomic E-state index is 3.46. The average molecular weight is 300 g/mol. The van der Waals surface area contributed by atoms with Crippen LogP contribution in [0.3, 0.4) is 0 Å². The van der Waals surface area contributed by atoms with E-state index in [1.165, 1.54) is 18.5 Å². The Hall–Kier alpha value is -1.16. The molecule has 0 spiro atoms. The van der Waals surface area contributed by atoms with Crippen LogP contribution in [0.5, 0.6) is 0 Å². The summed E-state index contributed by atoms with van der Waals surface area (Å²) in [6.45, 7) is 4.69.